The Kier molecular flexibility index (Phi) is 3.69. The number of nitrogens with zero attached hydrogens (tertiary/aromatic N) is 2. The first kappa shape index (κ1) is 15.3. The molecule has 0 aliphatic carbocycles. The van der Waals surface area contributed by atoms with Crippen molar-refractivity contribution in [1.82, 2.24) is 9.97 Å². The van der Waals surface area contributed by atoms with Gasteiger partial charge in [0.1, 0.15) is 5.52 Å². The first-order valence-electron chi connectivity index (χ1n) is 8.17. The van der Waals surface area contributed by atoms with E-state index in [0.29, 0.717) is 17.1 Å². The molecule has 1 amide bonds. The Balaban J connectivity index is 1.67. The molecule has 25 heavy (non-hydrogen) atoms. The molecular formula is C20H17N3O2. The first-order chi connectivity index (χ1) is 12.1. The second-order valence-corrected chi connectivity index (χ2v) is 6.22. The van der Waals surface area contributed by atoms with Crippen LogP contribution < -0.4 is 5.32 Å². The third kappa shape index (κ3) is 2.85. The van der Waals surface area contributed by atoms with Crippen LogP contribution in [0.2, 0.25) is 0 Å². The molecule has 0 aliphatic heterocycles. The molecule has 5 nitrogen and oxygen atoms in total. The minimum atomic E-state index is -0.175. The van der Waals surface area contributed by atoms with Gasteiger partial charge in [0, 0.05) is 28.8 Å². The van der Waals surface area contributed by atoms with Crippen molar-refractivity contribution in [2.24, 2.45) is 0 Å². The van der Waals surface area contributed by atoms with Gasteiger partial charge in [-0.25, -0.2) is 4.98 Å². The molecule has 0 saturated carbocycles. The lowest BCUT2D eigenvalue weighted by Gasteiger charge is -2.07. The van der Waals surface area contributed by atoms with Crippen LogP contribution in [0.5, 0.6) is 0 Å². The van der Waals surface area contributed by atoms with Crippen molar-refractivity contribution in [3.63, 3.8) is 0 Å². The number of anilines is 1. The van der Waals surface area contributed by atoms with Crippen LogP contribution in [-0.4, -0.2) is 15.9 Å². The van der Waals surface area contributed by atoms with E-state index >= 15 is 0 Å². The van der Waals surface area contributed by atoms with Crippen LogP contribution in [0.3, 0.4) is 0 Å². The Morgan fingerprint density at radius 3 is 2.80 bits per heavy atom. The lowest BCUT2D eigenvalue weighted by molar-refractivity contribution is 0.102. The highest BCUT2D eigenvalue weighted by molar-refractivity contribution is 6.12. The Morgan fingerprint density at radius 1 is 1.08 bits per heavy atom. The van der Waals surface area contributed by atoms with Crippen molar-refractivity contribution in [2.75, 3.05) is 5.32 Å². The fraction of sp³-hybridized carbons (Fsp3) is 0.150. The van der Waals surface area contributed by atoms with E-state index in [4.69, 9.17) is 4.42 Å². The van der Waals surface area contributed by atoms with Crippen LogP contribution in [-0.2, 0) is 0 Å². The molecule has 0 bridgehead atoms. The lowest BCUT2D eigenvalue weighted by atomic mass is 10.1. The number of rotatable bonds is 3. The highest BCUT2D eigenvalue weighted by Crippen LogP contribution is 2.24. The normalized spacial score (nSPS) is 11.3. The molecule has 0 aliphatic rings. The summed E-state index contributed by atoms with van der Waals surface area (Å²) >= 11 is 0. The fourth-order valence-electron chi connectivity index (χ4n) is 2.77. The van der Waals surface area contributed by atoms with E-state index in [1.54, 1.807) is 12.3 Å². The molecule has 5 heteroatoms. The molecule has 4 rings (SSSR count). The van der Waals surface area contributed by atoms with Gasteiger partial charge >= 0.3 is 0 Å². The quantitative estimate of drug-likeness (QED) is 0.588. The van der Waals surface area contributed by atoms with Gasteiger partial charge in [-0.2, -0.15) is 0 Å². The molecule has 4 aromatic rings. The summed E-state index contributed by atoms with van der Waals surface area (Å²) in [6.07, 6.45) is 1.72. The number of pyridine rings is 1. The van der Waals surface area contributed by atoms with Crippen LogP contribution in [0, 0.1) is 0 Å². The molecule has 2 heterocycles. The second-order valence-electron chi connectivity index (χ2n) is 6.22. The topological polar surface area (TPSA) is 68.0 Å². The van der Waals surface area contributed by atoms with Gasteiger partial charge in [-0.1, -0.05) is 26.0 Å². The molecule has 0 saturated heterocycles. The van der Waals surface area contributed by atoms with Crippen LogP contribution >= 0.6 is 0 Å². The highest BCUT2D eigenvalue weighted by Gasteiger charge is 2.13. The Morgan fingerprint density at radius 2 is 1.96 bits per heavy atom. The number of benzene rings is 2. The van der Waals surface area contributed by atoms with Crippen LogP contribution in [0.15, 0.2) is 59.1 Å². The van der Waals surface area contributed by atoms with E-state index < -0.39 is 0 Å². The second kappa shape index (κ2) is 6.02. The van der Waals surface area contributed by atoms with Crippen LogP contribution in [0.25, 0.3) is 22.0 Å². The van der Waals surface area contributed by atoms with Crippen LogP contribution in [0.1, 0.15) is 36.0 Å². The summed E-state index contributed by atoms with van der Waals surface area (Å²) in [5.74, 6) is 0.734. The molecule has 2 aromatic carbocycles. The van der Waals surface area contributed by atoms with E-state index in [1.165, 1.54) is 0 Å². The van der Waals surface area contributed by atoms with Gasteiger partial charge < -0.3 is 9.73 Å². The zero-order chi connectivity index (χ0) is 17.4. The molecule has 0 unspecified atom stereocenters. The van der Waals surface area contributed by atoms with E-state index in [0.717, 1.165) is 22.0 Å². The van der Waals surface area contributed by atoms with Gasteiger partial charge in [0.2, 0.25) is 0 Å². The summed E-state index contributed by atoms with van der Waals surface area (Å²) in [5, 5.41) is 3.76. The summed E-state index contributed by atoms with van der Waals surface area (Å²) in [7, 11) is 0. The van der Waals surface area contributed by atoms with E-state index in [2.05, 4.69) is 15.3 Å². The summed E-state index contributed by atoms with van der Waals surface area (Å²) in [6, 6.07) is 14.7. The molecular weight excluding hydrogens is 314 g/mol. The highest BCUT2D eigenvalue weighted by atomic mass is 16.3. The average Bonchev–Trinajstić information content (AvgIpc) is 3.05. The number of oxazole rings is 1. The minimum absolute atomic E-state index is 0.175. The minimum Gasteiger partial charge on any atom is -0.440 e. The summed E-state index contributed by atoms with van der Waals surface area (Å²) in [6.45, 7) is 4.06. The molecule has 0 atom stereocenters. The molecule has 0 spiro atoms. The number of nitrogens with one attached hydrogen (secondary N) is 1. The third-order valence-corrected chi connectivity index (χ3v) is 4.05. The zero-order valence-electron chi connectivity index (χ0n) is 14.0. The number of carbonyl (C=O) groups excluding carboxylic acids is 1. The van der Waals surface area contributed by atoms with Gasteiger partial charge in [-0.05, 0) is 36.4 Å². The first-order valence-corrected chi connectivity index (χ1v) is 8.17. The van der Waals surface area contributed by atoms with Gasteiger partial charge in [-0.15, -0.1) is 0 Å². The van der Waals surface area contributed by atoms with Gasteiger partial charge in [-0.3, -0.25) is 9.78 Å². The number of fused-ring (bicyclic) bond motifs is 2. The van der Waals surface area contributed by atoms with Gasteiger partial charge in [0.25, 0.3) is 5.91 Å². The van der Waals surface area contributed by atoms with Gasteiger partial charge in [0.05, 0.1) is 5.52 Å². The van der Waals surface area contributed by atoms with E-state index in [1.807, 2.05) is 56.3 Å². The largest absolute Gasteiger partial charge is 0.440 e. The Bertz CT molecular complexity index is 1080. The monoisotopic (exact) mass is 331 g/mol. The zero-order valence-corrected chi connectivity index (χ0v) is 14.0. The molecule has 124 valence electrons. The maximum atomic E-state index is 12.7. The maximum Gasteiger partial charge on any atom is 0.256 e. The number of carbonyl (C=O) groups is 1. The Hall–Kier alpha value is -3.21. The number of hydrogen-bond acceptors (Lipinski definition) is 4. The summed E-state index contributed by atoms with van der Waals surface area (Å²) in [4.78, 5) is 21.5. The molecule has 2 aromatic heterocycles. The summed E-state index contributed by atoms with van der Waals surface area (Å²) < 4.78 is 5.70. The standard InChI is InChI=1S/C20H17N3O2/c1-12(2)20-23-17-11-13(8-9-18(17)25-20)22-19(24)15-5-3-7-16-14(15)6-4-10-21-16/h3-12H,1-2H3,(H,22,24). The van der Waals surface area contributed by atoms with Crippen molar-refractivity contribution < 1.29 is 9.21 Å². The average molecular weight is 331 g/mol. The van der Waals surface area contributed by atoms with E-state index in [9.17, 15) is 4.79 Å². The number of hydrogen-bond donors (Lipinski definition) is 1. The van der Waals surface area contributed by atoms with Crippen LogP contribution in [0.4, 0.5) is 5.69 Å². The molecule has 0 radical (unpaired) electrons. The predicted molar refractivity (Wildman–Crippen MR) is 97.8 cm³/mol. The smallest absolute Gasteiger partial charge is 0.256 e. The SMILES string of the molecule is CC(C)c1nc2cc(NC(=O)c3cccc4ncccc34)ccc2o1. The molecule has 0 fully saturated rings. The van der Waals surface area contributed by atoms with Crippen molar-refractivity contribution in [3.8, 4) is 0 Å². The van der Waals surface area contributed by atoms with Gasteiger partial charge in [0.15, 0.2) is 11.5 Å². The van der Waals surface area contributed by atoms with Crippen molar-refractivity contribution >= 4 is 33.6 Å². The predicted octanol–water partition coefficient (Wildman–Crippen LogP) is 4.75. The van der Waals surface area contributed by atoms with E-state index in [-0.39, 0.29) is 11.8 Å². The van der Waals surface area contributed by atoms with Crippen molar-refractivity contribution in [2.45, 2.75) is 19.8 Å². The maximum absolute atomic E-state index is 12.7. The number of amides is 1. The Labute approximate surface area is 144 Å². The third-order valence-electron chi connectivity index (χ3n) is 4.05. The van der Waals surface area contributed by atoms with Crippen molar-refractivity contribution in [3.05, 3.63) is 66.2 Å². The summed E-state index contributed by atoms with van der Waals surface area (Å²) in [5.41, 5.74) is 3.52. The number of aromatic nitrogens is 2. The molecule has 1 N–H and O–H groups in total. The lowest BCUT2D eigenvalue weighted by Crippen LogP contribution is -2.12. The van der Waals surface area contributed by atoms with Crippen molar-refractivity contribution in [1.29, 1.82) is 0 Å². The fourth-order valence-corrected chi connectivity index (χ4v) is 2.77.